The molecule has 1 aromatic heterocycles. The molecule has 0 saturated carbocycles. The van der Waals surface area contributed by atoms with E-state index in [1.54, 1.807) is 6.26 Å². The first-order chi connectivity index (χ1) is 6.86. The lowest BCUT2D eigenvalue weighted by Gasteiger charge is -2.26. The molecule has 1 atom stereocenters. The van der Waals surface area contributed by atoms with Crippen LogP contribution in [0, 0.1) is 5.92 Å². The van der Waals surface area contributed by atoms with Gasteiger partial charge in [0.1, 0.15) is 5.76 Å². The second-order valence-corrected chi connectivity index (χ2v) is 3.90. The zero-order chi connectivity index (χ0) is 9.80. The van der Waals surface area contributed by atoms with Crippen LogP contribution >= 0.6 is 0 Å². The molecule has 78 valence electrons. The van der Waals surface area contributed by atoms with E-state index in [1.807, 2.05) is 12.1 Å². The fourth-order valence-electron chi connectivity index (χ4n) is 1.97. The summed E-state index contributed by atoms with van der Waals surface area (Å²) in [6, 6.07) is 4.11. The van der Waals surface area contributed by atoms with Crippen LogP contribution in [0.1, 0.15) is 18.6 Å². The van der Waals surface area contributed by atoms with Gasteiger partial charge in [0.05, 0.1) is 6.26 Å². The van der Waals surface area contributed by atoms with Crippen LogP contribution in [0.3, 0.4) is 0 Å². The van der Waals surface area contributed by atoms with E-state index >= 15 is 0 Å². The summed E-state index contributed by atoms with van der Waals surface area (Å²) >= 11 is 0. The first-order valence-corrected chi connectivity index (χ1v) is 5.22. The van der Waals surface area contributed by atoms with Gasteiger partial charge in [-0.25, -0.2) is 0 Å². The van der Waals surface area contributed by atoms with Gasteiger partial charge in [-0.3, -0.25) is 0 Å². The van der Waals surface area contributed by atoms with Crippen molar-refractivity contribution in [1.29, 1.82) is 0 Å². The van der Waals surface area contributed by atoms with Crippen molar-refractivity contribution in [2.75, 3.05) is 13.2 Å². The zero-order valence-electron chi connectivity index (χ0n) is 8.32. The highest BCUT2D eigenvalue weighted by Crippen LogP contribution is 2.20. The Morgan fingerprint density at radius 1 is 1.43 bits per heavy atom. The summed E-state index contributed by atoms with van der Waals surface area (Å²) in [4.78, 5) is 0. The zero-order valence-corrected chi connectivity index (χ0v) is 8.32. The van der Waals surface area contributed by atoms with Gasteiger partial charge in [-0.15, -0.1) is 0 Å². The Bertz CT molecular complexity index is 252. The fourth-order valence-corrected chi connectivity index (χ4v) is 1.97. The van der Waals surface area contributed by atoms with Gasteiger partial charge in [-0.05, 0) is 30.9 Å². The monoisotopic (exact) mass is 195 g/mol. The Balaban J connectivity index is 1.85. The molecule has 1 fully saturated rings. The number of rotatable bonds is 3. The van der Waals surface area contributed by atoms with Gasteiger partial charge in [0.25, 0.3) is 0 Å². The van der Waals surface area contributed by atoms with Crippen LogP contribution in [-0.4, -0.2) is 19.3 Å². The molecule has 0 radical (unpaired) electrons. The van der Waals surface area contributed by atoms with E-state index in [-0.39, 0.29) is 6.04 Å². The fraction of sp³-hybridized carbons (Fsp3) is 0.636. The van der Waals surface area contributed by atoms with E-state index in [0.29, 0.717) is 5.92 Å². The molecule has 1 unspecified atom stereocenters. The third kappa shape index (κ3) is 2.36. The van der Waals surface area contributed by atoms with Gasteiger partial charge in [-0.2, -0.15) is 0 Å². The maximum absolute atomic E-state index is 6.12. The summed E-state index contributed by atoms with van der Waals surface area (Å²) in [6.45, 7) is 1.72. The van der Waals surface area contributed by atoms with Crippen LogP contribution in [0.15, 0.2) is 22.8 Å². The molecule has 2 rings (SSSR count). The molecule has 3 heteroatoms. The van der Waals surface area contributed by atoms with Crippen LogP contribution in [0.5, 0.6) is 0 Å². The van der Waals surface area contributed by atoms with E-state index < -0.39 is 0 Å². The van der Waals surface area contributed by atoms with Gasteiger partial charge < -0.3 is 14.9 Å². The smallest absolute Gasteiger partial charge is 0.105 e. The third-order valence-electron chi connectivity index (χ3n) is 2.89. The second-order valence-electron chi connectivity index (χ2n) is 3.90. The molecule has 1 aliphatic heterocycles. The number of hydrogen-bond acceptors (Lipinski definition) is 3. The highest BCUT2D eigenvalue weighted by atomic mass is 16.5. The predicted octanol–water partition coefficient (Wildman–Crippen LogP) is 1.58. The van der Waals surface area contributed by atoms with Crippen molar-refractivity contribution in [3.63, 3.8) is 0 Å². The largest absolute Gasteiger partial charge is 0.469 e. The Hall–Kier alpha value is -0.800. The molecule has 0 amide bonds. The number of hydrogen-bond donors (Lipinski definition) is 1. The topological polar surface area (TPSA) is 48.4 Å². The van der Waals surface area contributed by atoms with Gasteiger partial charge >= 0.3 is 0 Å². The van der Waals surface area contributed by atoms with Crippen molar-refractivity contribution in [2.45, 2.75) is 25.3 Å². The molecule has 2 N–H and O–H groups in total. The van der Waals surface area contributed by atoms with Crippen molar-refractivity contribution in [3.8, 4) is 0 Å². The van der Waals surface area contributed by atoms with E-state index in [0.717, 1.165) is 38.2 Å². The van der Waals surface area contributed by atoms with E-state index in [9.17, 15) is 0 Å². The quantitative estimate of drug-likeness (QED) is 0.796. The Kier molecular flexibility index (Phi) is 3.22. The average molecular weight is 195 g/mol. The average Bonchev–Trinajstić information content (AvgIpc) is 2.72. The molecule has 14 heavy (non-hydrogen) atoms. The maximum atomic E-state index is 6.12. The maximum Gasteiger partial charge on any atom is 0.105 e. The van der Waals surface area contributed by atoms with E-state index in [2.05, 4.69) is 0 Å². The van der Waals surface area contributed by atoms with Gasteiger partial charge in [0, 0.05) is 25.7 Å². The molecule has 0 aromatic carbocycles. The number of furan rings is 1. The molecule has 3 nitrogen and oxygen atoms in total. The Morgan fingerprint density at radius 2 is 2.21 bits per heavy atom. The van der Waals surface area contributed by atoms with Gasteiger partial charge in [0.15, 0.2) is 0 Å². The lowest BCUT2D eigenvalue weighted by molar-refractivity contribution is 0.0579. The predicted molar refractivity (Wildman–Crippen MR) is 53.9 cm³/mol. The summed E-state index contributed by atoms with van der Waals surface area (Å²) in [6.07, 6.45) is 4.72. The Morgan fingerprint density at radius 3 is 2.86 bits per heavy atom. The van der Waals surface area contributed by atoms with Crippen molar-refractivity contribution < 1.29 is 9.15 Å². The summed E-state index contributed by atoms with van der Waals surface area (Å²) in [5, 5.41) is 0. The van der Waals surface area contributed by atoms with Gasteiger partial charge in [0.2, 0.25) is 0 Å². The summed E-state index contributed by atoms with van der Waals surface area (Å²) in [5.74, 6) is 1.58. The van der Waals surface area contributed by atoms with Crippen LogP contribution in [0.25, 0.3) is 0 Å². The lowest BCUT2D eigenvalue weighted by Crippen LogP contribution is -2.35. The Labute approximate surface area is 84.2 Å². The minimum atomic E-state index is 0.213. The highest BCUT2D eigenvalue weighted by molar-refractivity contribution is 5.01. The first-order valence-electron chi connectivity index (χ1n) is 5.22. The van der Waals surface area contributed by atoms with Crippen molar-refractivity contribution >= 4 is 0 Å². The lowest BCUT2D eigenvalue weighted by atomic mass is 9.90. The molecule has 2 heterocycles. The standard InChI is InChI=1S/C11H17NO2/c12-11(8-10-2-1-5-14-10)9-3-6-13-7-4-9/h1-2,5,9,11H,3-4,6-8,12H2. The van der Waals surface area contributed by atoms with Crippen LogP contribution < -0.4 is 5.73 Å². The molecule has 0 aliphatic carbocycles. The number of ether oxygens (including phenoxy) is 1. The van der Waals surface area contributed by atoms with Crippen LogP contribution in [0.2, 0.25) is 0 Å². The summed E-state index contributed by atoms with van der Waals surface area (Å²) in [5.41, 5.74) is 6.12. The minimum absolute atomic E-state index is 0.213. The molecular weight excluding hydrogens is 178 g/mol. The summed E-state index contributed by atoms with van der Waals surface area (Å²) in [7, 11) is 0. The van der Waals surface area contributed by atoms with E-state index in [4.69, 9.17) is 14.9 Å². The molecule has 1 saturated heterocycles. The SMILES string of the molecule is NC(Cc1ccco1)C1CCOCC1. The highest BCUT2D eigenvalue weighted by Gasteiger charge is 2.21. The van der Waals surface area contributed by atoms with Crippen LogP contribution in [-0.2, 0) is 11.2 Å². The van der Waals surface area contributed by atoms with E-state index in [1.165, 1.54) is 0 Å². The number of nitrogens with two attached hydrogens (primary N) is 1. The minimum Gasteiger partial charge on any atom is -0.469 e. The third-order valence-corrected chi connectivity index (χ3v) is 2.89. The van der Waals surface area contributed by atoms with Crippen molar-refractivity contribution in [1.82, 2.24) is 0 Å². The van der Waals surface area contributed by atoms with Crippen molar-refractivity contribution in [3.05, 3.63) is 24.2 Å². The summed E-state index contributed by atoms with van der Waals surface area (Å²) < 4.78 is 10.6. The molecule has 1 aliphatic rings. The second kappa shape index (κ2) is 4.62. The van der Waals surface area contributed by atoms with Gasteiger partial charge in [-0.1, -0.05) is 0 Å². The normalized spacial score (nSPS) is 20.9. The molecular formula is C11H17NO2. The molecule has 0 spiro atoms. The first kappa shape index (κ1) is 9.74. The van der Waals surface area contributed by atoms with Crippen molar-refractivity contribution in [2.24, 2.45) is 11.7 Å². The molecule has 0 bridgehead atoms. The molecule has 1 aromatic rings. The van der Waals surface area contributed by atoms with Crippen LogP contribution in [0.4, 0.5) is 0 Å².